The summed E-state index contributed by atoms with van der Waals surface area (Å²) >= 11 is 0. The SMILES string of the molecule is C1CCC(C2(C3CCCC3)CCC2)C1. The molecule has 3 rings (SSSR count). The van der Waals surface area contributed by atoms with Crippen LogP contribution in [0.4, 0.5) is 0 Å². The van der Waals surface area contributed by atoms with Crippen LogP contribution in [0, 0.1) is 17.3 Å². The predicted molar refractivity (Wildman–Crippen MR) is 60.2 cm³/mol. The van der Waals surface area contributed by atoms with Crippen LogP contribution in [0.5, 0.6) is 0 Å². The third-order valence-corrected chi connectivity index (χ3v) is 5.62. The fourth-order valence-electron chi connectivity index (χ4n) is 4.74. The minimum absolute atomic E-state index is 0.882. The highest BCUT2D eigenvalue weighted by Gasteiger charge is 2.50. The topological polar surface area (TPSA) is 0 Å². The molecule has 0 aromatic carbocycles. The molecule has 0 nitrogen and oxygen atoms in total. The van der Waals surface area contributed by atoms with E-state index in [4.69, 9.17) is 0 Å². The fourth-order valence-corrected chi connectivity index (χ4v) is 4.74. The van der Waals surface area contributed by atoms with E-state index in [0.717, 1.165) is 17.3 Å². The summed E-state index contributed by atoms with van der Waals surface area (Å²) in [5, 5.41) is 0. The van der Waals surface area contributed by atoms with Gasteiger partial charge in [0.15, 0.2) is 0 Å². The lowest BCUT2D eigenvalue weighted by Crippen LogP contribution is -2.42. The first-order chi connectivity index (χ1) is 6.92. The third kappa shape index (κ3) is 1.26. The minimum atomic E-state index is 0.882. The monoisotopic (exact) mass is 192 g/mol. The molecular weight excluding hydrogens is 168 g/mol. The first-order valence-corrected chi connectivity index (χ1v) is 6.92. The van der Waals surface area contributed by atoms with Crippen molar-refractivity contribution < 1.29 is 0 Å². The van der Waals surface area contributed by atoms with Gasteiger partial charge >= 0.3 is 0 Å². The zero-order valence-corrected chi connectivity index (χ0v) is 9.43. The van der Waals surface area contributed by atoms with Crippen LogP contribution in [0.25, 0.3) is 0 Å². The summed E-state index contributed by atoms with van der Waals surface area (Å²) in [5.41, 5.74) is 0.882. The van der Waals surface area contributed by atoms with E-state index in [2.05, 4.69) is 0 Å². The summed E-state index contributed by atoms with van der Waals surface area (Å²) in [7, 11) is 0. The van der Waals surface area contributed by atoms with E-state index >= 15 is 0 Å². The van der Waals surface area contributed by atoms with E-state index in [0.29, 0.717) is 0 Å². The first-order valence-electron chi connectivity index (χ1n) is 6.92. The van der Waals surface area contributed by atoms with E-state index in [1.54, 1.807) is 70.6 Å². The van der Waals surface area contributed by atoms with Gasteiger partial charge in [-0.2, -0.15) is 0 Å². The van der Waals surface area contributed by atoms with Crippen molar-refractivity contribution in [3.8, 4) is 0 Å². The Morgan fingerprint density at radius 3 is 1.29 bits per heavy atom. The molecule has 14 heavy (non-hydrogen) atoms. The van der Waals surface area contributed by atoms with Gasteiger partial charge in [-0.1, -0.05) is 32.1 Å². The number of hydrogen-bond acceptors (Lipinski definition) is 0. The maximum atomic E-state index is 1.60. The average Bonchev–Trinajstić information content (AvgIpc) is 2.71. The second-order valence-electron chi connectivity index (χ2n) is 6.05. The van der Waals surface area contributed by atoms with E-state index < -0.39 is 0 Å². The van der Waals surface area contributed by atoms with E-state index in [-0.39, 0.29) is 0 Å². The molecule has 0 N–H and O–H groups in total. The van der Waals surface area contributed by atoms with E-state index in [1.165, 1.54) is 0 Å². The highest BCUT2D eigenvalue weighted by molar-refractivity contribution is 5.00. The molecule has 3 fully saturated rings. The zero-order valence-electron chi connectivity index (χ0n) is 9.43. The zero-order chi connectivity index (χ0) is 9.43. The van der Waals surface area contributed by atoms with Gasteiger partial charge < -0.3 is 0 Å². The molecule has 0 aromatic heterocycles. The van der Waals surface area contributed by atoms with Crippen LogP contribution in [-0.4, -0.2) is 0 Å². The van der Waals surface area contributed by atoms with Crippen LogP contribution in [0.1, 0.15) is 70.6 Å². The summed E-state index contributed by atoms with van der Waals surface area (Å²) < 4.78 is 0. The van der Waals surface area contributed by atoms with Gasteiger partial charge in [-0.3, -0.25) is 0 Å². The molecule has 0 radical (unpaired) electrons. The van der Waals surface area contributed by atoms with Crippen molar-refractivity contribution in [1.29, 1.82) is 0 Å². The van der Waals surface area contributed by atoms with Crippen molar-refractivity contribution in [3.05, 3.63) is 0 Å². The number of rotatable bonds is 2. The highest BCUT2D eigenvalue weighted by atomic mass is 14.5. The van der Waals surface area contributed by atoms with Crippen molar-refractivity contribution in [2.24, 2.45) is 17.3 Å². The maximum Gasteiger partial charge on any atom is -0.0241 e. The third-order valence-electron chi connectivity index (χ3n) is 5.62. The van der Waals surface area contributed by atoms with Gasteiger partial charge in [0.1, 0.15) is 0 Å². The summed E-state index contributed by atoms with van der Waals surface area (Å²) in [4.78, 5) is 0. The Morgan fingerprint density at radius 2 is 1.00 bits per heavy atom. The van der Waals surface area contributed by atoms with Gasteiger partial charge in [-0.05, 0) is 55.8 Å². The molecule has 0 heteroatoms. The van der Waals surface area contributed by atoms with Crippen LogP contribution in [0.15, 0.2) is 0 Å². The average molecular weight is 192 g/mol. The van der Waals surface area contributed by atoms with Crippen LogP contribution in [-0.2, 0) is 0 Å². The van der Waals surface area contributed by atoms with Crippen molar-refractivity contribution in [3.63, 3.8) is 0 Å². The molecule has 80 valence electrons. The summed E-state index contributed by atoms with van der Waals surface area (Å²) in [6.07, 6.45) is 17.2. The Labute approximate surface area is 88.5 Å². The Bertz CT molecular complexity index is 172. The lowest BCUT2D eigenvalue weighted by atomic mass is 9.54. The molecule has 0 aliphatic heterocycles. The van der Waals surface area contributed by atoms with Crippen molar-refractivity contribution in [1.82, 2.24) is 0 Å². The Kier molecular flexibility index (Phi) is 2.34. The van der Waals surface area contributed by atoms with Crippen molar-refractivity contribution in [2.45, 2.75) is 70.6 Å². The molecule has 0 unspecified atom stereocenters. The summed E-state index contributed by atoms with van der Waals surface area (Å²) in [6.45, 7) is 0. The van der Waals surface area contributed by atoms with Gasteiger partial charge in [0.2, 0.25) is 0 Å². The molecule has 0 aromatic rings. The smallest absolute Gasteiger partial charge is 0.0241 e. The predicted octanol–water partition coefficient (Wildman–Crippen LogP) is 4.54. The Morgan fingerprint density at radius 1 is 0.571 bits per heavy atom. The second kappa shape index (κ2) is 3.54. The molecule has 0 amide bonds. The quantitative estimate of drug-likeness (QED) is 0.602. The molecule has 0 atom stereocenters. The normalized spacial score (nSPS) is 33.4. The molecule has 3 saturated carbocycles. The van der Waals surface area contributed by atoms with Crippen LogP contribution >= 0.6 is 0 Å². The van der Waals surface area contributed by atoms with Gasteiger partial charge in [0, 0.05) is 0 Å². The second-order valence-corrected chi connectivity index (χ2v) is 6.05. The molecule has 0 heterocycles. The minimum Gasteiger partial charge on any atom is -0.0530 e. The largest absolute Gasteiger partial charge is 0.0530 e. The molecule has 3 aliphatic carbocycles. The molecule has 3 aliphatic rings. The Hall–Kier alpha value is 0. The molecule has 0 bridgehead atoms. The first kappa shape index (κ1) is 9.24. The molecular formula is C14H24. The lowest BCUT2D eigenvalue weighted by molar-refractivity contribution is -0.0136. The van der Waals surface area contributed by atoms with E-state index in [9.17, 15) is 0 Å². The molecule has 0 spiro atoms. The van der Waals surface area contributed by atoms with Crippen LogP contribution in [0.2, 0.25) is 0 Å². The van der Waals surface area contributed by atoms with Crippen LogP contribution < -0.4 is 0 Å². The van der Waals surface area contributed by atoms with Crippen molar-refractivity contribution >= 4 is 0 Å². The lowest BCUT2D eigenvalue weighted by Gasteiger charge is -2.51. The highest BCUT2D eigenvalue weighted by Crippen LogP contribution is 2.60. The van der Waals surface area contributed by atoms with Gasteiger partial charge in [-0.25, -0.2) is 0 Å². The van der Waals surface area contributed by atoms with Gasteiger partial charge in [0.25, 0.3) is 0 Å². The molecule has 0 saturated heterocycles. The standard InChI is InChI=1S/C14H24/c1-2-7-12(6-1)14(10-5-11-14)13-8-3-4-9-13/h12-13H,1-11H2. The summed E-state index contributed by atoms with van der Waals surface area (Å²) in [5.74, 6) is 2.30. The number of hydrogen-bond donors (Lipinski definition) is 0. The maximum absolute atomic E-state index is 1.60. The van der Waals surface area contributed by atoms with E-state index in [1.807, 2.05) is 0 Å². The van der Waals surface area contributed by atoms with Gasteiger partial charge in [-0.15, -0.1) is 0 Å². The summed E-state index contributed by atoms with van der Waals surface area (Å²) in [6, 6.07) is 0. The van der Waals surface area contributed by atoms with Crippen LogP contribution in [0.3, 0.4) is 0 Å². The van der Waals surface area contributed by atoms with Crippen molar-refractivity contribution in [2.75, 3.05) is 0 Å². The van der Waals surface area contributed by atoms with Gasteiger partial charge in [0.05, 0.1) is 0 Å². The Balaban J connectivity index is 1.75. The fraction of sp³-hybridized carbons (Fsp3) is 1.00.